The van der Waals surface area contributed by atoms with Crippen LogP contribution in [0, 0.1) is 0 Å². The van der Waals surface area contributed by atoms with Gasteiger partial charge in [-0.05, 0) is 18.1 Å². The zero-order valence-electron chi connectivity index (χ0n) is 9.70. The number of hydrogen-bond donors (Lipinski definition) is 1. The van der Waals surface area contributed by atoms with Crippen LogP contribution in [0.4, 0.5) is 5.88 Å². The summed E-state index contributed by atoms with van der Waals surface area (Å²) in [6, 6.07) is 1.80. The molecule has 1 aliphatic rings. The van der Waals surface area contributed by atoms with Gasteiger partial charge in [0, 0.05) is 5.56 Å². The normalized spacial score (nSPS) is 13.0. The van der Waals surface area contributed by atoms with Crippen LogP contribution in [-0.2, 0) is 6.42 Å². The highest BCUT2D eigenvalue weighted by atomic mass is 35.5. The highest BCUT2D eigenvalue weighted by molar-refractivity contribution is 6.32. The van der Waals surface area contributed by atoms with Gasteiger partial charge in [-0.25, -0.2) is 0 Å². The third-order valence-electron chi connectivity index (χ3n) is 2.94. The van der Waals surface area contributed by atoms with Crippen LogP contribution in [0.25, 0.3) is 11.1 Å². The van der Waals surface area contributed by atoms with Gasteiger partial charge >= 0.3 is 0 Å². The molecule has 2 N–H and O–H groups in total. The van der Waals surface area contributed by atoms with Gasteiger partial charge in [0.2, 0.25) is 12.7 Å². The van der Waals surface area contributed by atoms with Gasteiger partial charge in [0.15, 0.2) is 11.5 Å². The van der Waals surface area contributed by atoms with Crippen molar-refractivity contribution in [3.63, 3.8) is 0 Å². The molecule has 1 aliphatic heterocycles. The molecule has 3 rings (SSSR count). The molecular weight excluding hydrogens is 256 g/mol. The number of aromatic nitrogens is 1. The molecule has 18 heavy (non-hydrogen) atoms. The number of nitrogen functional groups attached to an aromatic ring is 1. The average Bonchev–Trinajstić information content (AvgIpc) is 2.97. The Bertz CT molecular complexity index is 610. The smallest absolute Gasteiger partial charge is 0.231 e. The molecule has 0 atom stereocenters. The molecule has 1 aromatic heterocycles. The van der Waals surface area contributed by atoms with E-state index in [1.165, 1.54) is 0 Å². The largest absolute Gasteiger partial charge is 0.453 e. The van der Waals surface area contributed by atoms with Crippen molar-refractivity contribution in [1.29, 1.82) is 0 Å². The van der Waals surface area contributed by atoms with Crippen LogP contribution in [0.2, 0.25) is 5.02 Å². The van der Waals surface area contributed by atoms with E-state index in [0.717, 1.165) is 17.5 Å². The Labute approximate surface area is 108 Å². The third kappa shape index (κ3) is 1.51. The van der Waals surface area contributed by atoms with Crippen molar-refractivity contribution in [2.24, 2.45) is 0 Å². The van der Waals surface area contributed by atoms with E-state index in [1.54, 1.807) is 12.3 Å². The fourth-order valence-electron chi connectivity index (χ4n) is 2.12. The van der Waals surface area contributed by atoms with Gasteiger partial charge in [-0.1, -0.05) is 23.7 Å². The lowest BCUT2D eigenvalue weighted by Gasteiger charge is -2.11. The van der Waals surface area contributed by atoms with Crippen molar-refractivity contribution >= 4 is 17.5 Å². The average molecular weight is 267 g/mol. The molecule has 6 heteroatoms. The predicted octanol–water partition coefficient (Wildman–Crippen LogP) is 2.87. The summed E-state index contributed by atoms with van der Waals surface area (Å²) < 4.78 is 15.7. The summed E-state index contributed by atoms with van der Waals surface area (Å²) >= 11 is 6.18. The molecule has 0 bridgehead atoms. The Kier molecular flexibility index (Phi) is 2.56. The van der Waals surface area contributed by atoms with Gasteiger partial charge in [0.1, 0.15) is 0 Å². The van der Waals surface area contributed by atoms with E-state index in [4.69, 9.17) is 31.3 Å². The van der Waals surface area contributed by atoms with Gasteiger partial charge in [0.25, 0.3) is 0 Å². The number of anilines is 1. The fraction of sp³-hybridized carbons (Fsp3) is 0.250. The lowest BCUT2D eigenvalue weighted by Crippen LogP contribution is -1.95. The maximum Gasteiger partial charge on any atom is 0.231 e. The van der Waals surface area contributed by atoms with Crippen molar-refractivity contribution in [3.8, 4) is 22.6 Å². The quantitative estimate of drug-likeness (QED) is 0.905. The number of hydrogen-bond acceptors (Lipinski definition) is 5. The number of rotatable bonds is 2. The molecule has 5 nitrogen and oxygen atoms in total. The van der Waals surface area contributed by atoms with Crippen LogP contribution in [-0.4, -0.2) is 11.9 Å². The van der Waals surface area contributed by atoms with Gasteiger partial charge in [0.05, 0.1) is 16.8 Å². The van der Waals surface area contributed by atoms with Gasteiger partial charge in [-0.2, -0.15) is 0 Å². The van der Waals surface area contributed by atoms with E-state index in [9.17, 15) is 0 Å². The number of nitrogens with two attached hydrogens (primary N) is 1. The highest BCUT2D eigenvalue weighted by Gasteiger charge is 2.25. The molecule has 2 heterocycles. The number of ether oxygens (including phenoxy) is 2. The lowest BCUT2D eigenvalue weighted by molar-refractivity contribution is 0.173. The van der Waals surface area contributed by atoms with Crippen LogP contribution < -0.4 is 15.2 Å². The van der Waals surface area contributed by atoms with Crippen LogP contribution in [0.5, 0.6) is 11.5 Å². The molecule has 0 aliphatic carbocycles. The molecule has 0 saturated carbocycles. The summed E-state index contributed by atoms with van der Waals surface area (Å²) in [5, 5.41) is 4.18. The fourth-order valence-corrected chi connectivity index (χ4v) is 2.37. The summed E-state index contributed by atoms with van der Waals surface area (Å²) in [5.41, 5.74) is 8.32. The summed E-state index contributed by atoms with van der Waals surface area (Å²) in [6.45, 7) is 2.21. The van der Waals surface area contributed by atoms with Crippen LogP contribution in [0.3, 0.4) is 0 Å². The van der Waals surface area contributed by atoms with Crippen molar-refractivity contribution in [2.75, 3.05) is 12.5 Å². The maximum atomic E-state index is 6.18. The Balaban J connectivity index is 2.27. The zero-order chi connectivity index (χ0) is 12.7. The molecule has 0 fully saturated rings. The molecule has 0 radical (unpaired) electrons. The van der Waals surface area contributed by atoms with E-state index in [0.29, 0.717) is 22.1 Å². The Hall–Kier alpha value is -1.88. The molecule has 1 aromatic carbocycles. The molecular formula is C12H11ClN2O3. The SMILES string of the molecule is CCc1c(-c2cnoc2N)cc(Cl)c2c1OCO2. The van der Waals surface area contributed by atoms with Crippen LogP contribution in [0.15, 0.2) is 16.8 Å². The molecule has 94 valence electrons. The number of halogens is 1. The van der Waals surface area contributed by atoms with Gasteiger partial charge in [-0.15, -0.1) is 0 Å². The first-order valence-electron chi connectivity index (χ1n) is 5.53. The van der Waals surface area contributed by atoms with E-state index >= 15 is 0 Å². The Morgan fingerprint density at radius 2 is 2.11 bits per heavy atom. The molecule has 0 amide bonds. The number of fused-ring (bicyclic) bond motifs is 1. The number of benzene rings is 1. The van der Waals surface area contributed by atoms with E-state index in [-0.39, 0.29) is 12.7 Å². The van der Waals surface area contributed by atoms with Crippen molar-refractivity contribution in [2.45, 2.75) is 13.3 Å². The van der Waals surface area contributed by atoms with Crippen molar-refractivity contribution in [1.82, 2.24) is 5.16 Å². The molecule has 0 spiro atoms. The first-order valence-corrected chi connectivity index (χ1v) is 5.91. The molecule has 0 unspecified atom stereocenters. The van der Waals surface area contributed by atoms with E-state index in [2.05, 4.69) is 5.16 Å². The topological polar surface area (TPSA) is 70.5 Å². The number of nitrogens with zero attached hydrogens (tertiary/aromatic N) is 1. The predicted molar refractivity (Wildman–Crippen MR) is 66.9 cm³/mol. The first kappa shape index (κ1) is 11.2. The molecule has 2 aromatic rings. The summed E-state index contributed by atoms with van der Waals surface area (Å²) in [6.07, 6.45) is 2.34. The zero-order valence-corrected chi connectivity index (χ0v) is 10.5. The Morgan fingerprint density at radius 3 is 2.78 bits per heavy atom. The molecule has 0 saturated heterocycles. The Morgan fingerprint density at radius 1 is 1.33 bits per heavy atom. The van der Waals surface area contributed by atoms with Gasteiger partial charge < -0.3 is 19.7 Å². The summed E-state index contributed by atoms with van der Waals surface area (Å²) in [4.78, 5) is 0. The van der Waals surface area contributed by atoms with Gasteiger partial charge in [-0.3, -0.25) is 0 Å². The van der Waals surface area contributed by atoms with Crippen molar-refractivity contribution < 1.29 is 14.0 Å². The minimum absolute atomic E-state index is 0.185. The summed E-state index contributed by atoms with van der Waals surface area (Å²) in [5.74, 6) is 1.53. The highest BCUT2D eigenvalue weighted by Crippen LogP contribution is 2.47. The van der Waals surface area contributed by atoms with E-state index in [1.807, 2.05) is 6.92 Å². The lowest BCUT2D eigenvalue weighted by atomic mass is 9.98. The minimum atomic E-state index is 0.185. The van der Waals surface area contributed by atoms with Crippen molar-refractivity contribution in [3.05, 3.63) is 22.8 Å². The second-order valence-corrected chi connectivity index (χ2v) is 4.31. The second kappa shape index (κ2) is 4.10. The third-order valence-corrected chi connectivity index (χ3v) is 3.22. The van der Waals surface area contributed by atoms with E-state index < -0.39 is 0 Å². The second-order valence-electron chi connectivity index (χ2n) is 3.91. The maximum absolute atomic E-state index is 6.18. The van der Waals surface area contributed by atoms with Crippen LogP contribution in [0.1, 0.15) is 12.5 Å². The monoisotopic (exact) mass is 266 g/mol. The summed E-state index contributed by atoms with van der Waals surface area (Å²) in [7, 11) is 0. The minimum Gasteiger partial charge on any atom is -0.453 e. The first-order chi connectivity index (χ1) is 8.72. The van der Waals surface area contributed by atoms with Crippen LogP contribution >= 0.6 is 11.6 Å². The standard InChI is InChI=1S/C12H11ClN2O3/c1-2-6-7(8-4-15-18-12(8)14)3-9(13)11-10(6)16-5-17-11/h3-4H,2,5,14H2,1H3.